The van der Waals surface area contributed by atoms with Crippen LogP contribution in [0.2, 0.25) is 0 Å². The number of benzene rings is 1. The molecule has 0 bridgehead atoms. The van der Waals surface area contributed by atoms with Crippen LogP contribution in [0.3, 0.4) is 0 Å². The van der Waals surface area contributed by atoms with Crippen LogP contribution in [0.15, 0.2) is 64.4 Å². The van der Waals surface area contributed by atoms with E-state index in [1.165, 1.54) is 17.5 Å². The van der Waals surface area contributed by atoms with Crippen LogP contribution in [0.25, 0.3) is 11.1 Å². The van der Waals surface area contributed by atoms with E-state index in [9.17, 15) is 21.6 Å². The summed E-state index contributed by atoms with van der Waals surface area (Å²) in [6.45, 7) is -0.0798. The largest absolute Gasteiger partial charge is 0.416 e. The molecule has 0 radical (unpaired) electrons. The zero-order valence-electron chi connectivity index (χ0n) is 13.2. The number of sulfonamides is 1. The van der Waals surface area contributed by atoms with Gasteiger partial charge in [0, 0.05) is 24.5 Å². The summed E-state index contributed by atoms with van der Waals surface area (Å²) in [7, 11) is -4.08. The van der Waals surface area contributed by atoms with E-state index in [2.05, 4.69) is 9.71 Å². The molecule has 4 nitrogen and oxygen atoms in total. The molecule has 0 aliphatic rings. The van der Waals surface area contributed by atoms with Crippen LogP contribution in [0.5, 0.6) is 0 Å². The van der Waals surface area contributed by atoms with Crippen molar-refractivity contribution in [3.63, 3.8) is 0 Å². The van der Waals surface area contributed by atoms with Crippen molar-refractivity contribution in [1.82, 2.24) is 9.71 Å². The Morgan fingerprint density at radius 2 is 1.88 bits per heavy atom. The lowest BCUT2D eigenvalue weighted by Gasteiger charge is -2.10. The van der Waals surface area contributed by atoms with Gasteiger partial charge in [-0.3, -0.25) is 4.98 Å². The number of thiophene rings is 1. The summed E-state index contributed by atoms with van der Waals surface area (Å²) in [5.74, 6) is 0. The lowest BCUT2D eigenvalue weighted by atomic mass is 10.1. The number of nitrogens with zero attached hydrogens (tertiary/aromatic N) is 1. The van der Waals surface area contributed by atoms with Crippen molar-refractivity contribution in [2.45, 2.75) is 17.6 Å². The molecule has 26 heavy (non-hydrogen) atoms. The molecular weight excluding hydrogens is 385 g/mol. The summed E-state index contributed by atoms with van der Waals surface area (Å²) in [6.07, 6.45) is -1.44. The lowest BCUT2D eigenvalue weighted by molar-refractivity contribution is -0.137. The van der Waals surface area contributed by atoms with Crippen molar-refractivity contribution in [1.29, 1.82) is 0 Å². The van der Waals surface area contributed by atoms with Gasteiger partial charge in [0.2, 0.25) is 10.0 Å². The Labute approximate surface area is 152 Å². The molecule has 1 aromatic carbocycles. The third-order valence-electron chi connectivity index (χ3n) is 3.59. The SMILES string of the molecule is O=S(=O)(NCc1cncc(-c2ccsc2)c1)c1cccc(C(F)(F)F)c1. The number of rotatable bonds is 5. The molecule has 136 valence electrons. The van der Waals surface area contributed by atoms with E-state index in [-0.39, 0.29) is 6.54 Å². The minimum Gasteiger partial charge on any atom is -0.264 e. The van der Waals surface area contributed by atoms with Crippen LogP contribution in [0, 0.1) is 0 Å². The smallest absolute Gasteiger partial charge is 0.264 e. The molecule has 0 unspecified atom stereocenters. The normalized spacial score (nSPS) is 12.3. The Hall–Kier alpha value is -2.23. The zero-order valence-corrected chi connectivity index (χ0v) is 14.8. The predicted molar refractivity (Wildman–Crippen MR) is 93.0 cm³/mol. The monoisotopic (exact) mass is 398 g/mol. The van der Waals surface area contributed by atoms with Crippen molar-refractivity contribution < 1.29 is 21.6 Å². The average Bonchev–Trinajstić information content (AvgIpc) is 3.14. The number of alkyl halides is 3. The van der Waals surface area contributed by atoms with Crippen molar-refractivity contribution in [2.24, 2.45) is 0 Å². The Morgan fingerprint density at radius 1 is 1.08 bits per heavy atom. The Bertz CT molecular complexity index is 1000. The molecule has 0 aliphatic heterocycles. The fourth-order valence-corrected chi connectivity index (χ4v) is 4.00. The molecule has 2 heterocycles. The van der Waals surface area contributed by atoms with Crippen LogP contribution < -0.4 is 4.72 Å². The minimum atomic E-state index is -4.61. The molecule has 0 spiro atoms. The van der Waals surface area contributed by atoms with Crippen molar-refractivity contribution in [2.75, 3.05) is 0 Å². The molecule has 0 saturated carbocycles. The van der Waals surface area contributed by atoms with Gasteiger partial charge in [-0.2, -0.15) is 24.5 Å². The Balaban J connectivity index is 1.78. The number of halogens is 3. The fourth-order valence-electron chi connectivity index (χ4n) is 2.27. The lowest BCUT2D eigenvalue weighted by Crippen LogP contribution is -2.23. The van der Waals surface area contributed by atoms with Crippen LogP contribution in [0.1, 0.15) is 11.1 Å². The summed E-state index contributed by atoms with van der Waals surface area (Å²) >= 11 is 1.53. The molecule has 3 rings (SSSR count). The van der Waals surface area contributed by atoms with Gasteiger partial charge in [-0.15, -0.1) is 0 Å². The van der Waals surface area contributed by atoms with Crippen molar-refractivity contribution in [3.8, 4) is 11.1 Å². The second-order valence-electron chi connectivity index (χ2n) is 5.44. The highest BCUT2D eigenvalue weighted by Crippen LogP contribution is 2.30. The Morgan fingerprint density at radius 3 is 2.58 bits per heavy atom. The van der Waals surface area contributed by atoms with Crippen molar-refractivity contribution >= 4 is 21.4 Å². The van der Waals surface area contributed by atoms with Crippen LogP contribution >= 0.6 is 11.3 Å². The van der Waals surface area contributed by atoms with Crippen LogP contribution in [-0.2, 0) is 22.7 Å². The highest BCUT2D eigenvalue weighted by molar-refractivity contribution is 7.89. The quantitative estimate of drug-likeness (QED) is 0.697. The fraction of sp³-hybridized carbons (Fsp3) is 0.118. The molecule has 9 heteroatoms. The molecule has 3 aromatic rings. The number of aromatic nitrogens is 1. The molecule has 0 aliphatic carbocycles. The van der Waals surface area contributed by atoms with E-state index >= 15 is 0 Å². The highest BCUT2D eigenvalue weighted by Gasteiger charge is 2.31. The van der Waals surface area contributed by atoms with Gasteiger partial charge in [0.25, 0.3) is 0 Å². The maximum absolute atomic E-state index is 12.8. The molecule has 1 N–H and O–H groups in total. The summed E-state index contributed by atoms with van der Waals surface area (Å²) < 4.78 is 65.2. The second kappa shape index (κ2) is 7.18. The zero-order chi connectivity index (χ0) is 18.8. The van der Waals surface area contributed by atoms with Crippen LogP contribution in [0.4, 0.5) is 13.2 Å². The molecule has 0 fully saturated rings. The number of nitrogens with one attached hydrogen (secondary N) is 1. The topological polar surface area (TPSA) is 59.1 Å². The van der Waals surface area contributed by atoms with Crippen molar-refractivity contribution in [3.05, 3.63) is 70.7 Å². The van der Waals surface area contributed by atoms with E-state index < -0.39 is 26.7 Å². The second-order valence-corrected chi connectivity index (χ2v) is 7.99. The van der Waals surface area contributed by atoms with E-state index in [1.807, 2.05) is 16.8 Å². The van der Waals surface area contributed by atoms with E-state index in [0.29, 0.717) is 11.6 Å². The van der Waals surface area contributed by atoms with Gasteiger partial charge in [-0.05, 0) is 52.2 Å². The summed E-state index contributed by atoms with van der Waals surface area (Å²) in [5, 5.41) is 3.85. The van der Waals surface area contributed by atoms with Gasteiger partial charge in [-0.25, -0.2) is 13.1 Å². The van der Waals surface area contributed by atoms with E-state index in [1.54, 1.807) is 12.3 Å². The number of pyridine rings is 1. The first kappa shape index (κ1) is 18.6. The summed E-state index contributed by atoms with van der Waals surface area (Å²) in [4.78, 5) is 3.65. The number of hydrogen-bond acceptors (Lipinski definition) is 4. The van der Waals surface area contributed by atoms with Gasteiger partial charge in [0.1, 0.15) is 0 Å². The molecule has 0 atom stereocenters. The highest BCUT2D eigenvalue weighted by atomic mass is 32.2. The van der Waals surface area contributed by atoms with Gasteiger partial charge in [0.15, 0.2) is 0 Å². The van der Waals surface area contributed by atoms with Gasteiger partial charge in [0.05, 0.1) is 10.5 Å². The average molecular weight is 398 g/mol. The predicted octanol–water partition coefficient (Wildman–Crippen LogP) is 4.31. The summed E-state index contributed by atoms with van der Waals surface area (Å²) in [5.41, 5.74) is 1.39. The third kappa shape index (κ3) is 4.29. The van der Waals surface area contributed by atoms with Crippen LogP contribution in [-0.4, -0.2) is 13.4 Å². The van der Waals surface area contributed by atoms with E-state index in [0.717, 1.165) is 29.3 Å². The van der Waals surface area contributed by atoms with Gasteiger partial charge >= 0.3 is 6.18 Å². The standard InChI is InChI=1S/C17H13F3N2O2S2/c18-17(19,20)15-2-1-3-16(7-15)26(23,24)22-9-12-6-14(10-21-8-12)13-4-5-25-11-13/h1-8,10-11,22H,9H2. The molecular formula is C17H13F3N2O2S2. The van der Waals surface area contributed by atoms with Gasteiger partial charge < -0.3 is 0 Å². The molecule has 0 saturated heterocycles. The molecule has 2 aromatic heterocycles. The van der Waals surface area contributed by atoms with E-state index in [4.69, 9.17) is 0 Å². The first-order valence-corrected chi connectivity index (χ1v) is 9.82. The van der Waals surface area contributed by atoms with Gasteiger partial charge in [-0.1, -0.05) is 6.07 Å². The number of hydrogen-bond donors (Lipinski definition) is 1. The molecule has 0 amide bonds. The maximum Gasteiger partial charge on any atom is 0.416 e. The first-order valence-electron chi connectivity index (χ1n) is 7.39. The Kier molecular flexibility index (Phi) is 5.12. The minimum absolute atomic E-state index is 0.0798. The summed E-state index contributed by atoms with van der Waals surface area (Å²) in [6, 6.07) is 7.32. The maximum atomic E-state index is 12.8. The first-order chi connectivity index (χ1) is 12.3. The third-order valence-corrected chi connectivity index (χ3v) is 5.67.